The van der Waals surface area contributed by atoms with E-state index in [0.717, 1.165) is 5.57 Å². The zero-order valence-corrected chi connectivity index (χ0v) is 12.0. The van der Waals surface area contributed by atoms with Gasteiger partial charge in [-0.25, -0.2) is 4.79 Å². The zero-order chi connectivity index (χ0) is 14.8. The lowest BCUT2D eigenvalue weighted by Gasteiger charge is -2.19. The molecule has 0 saturated carbocycles. The highest BCUT2D eigenvalue weighted by atomic mass is 16.5. The third-order valence-electron chi connectivity index (χ3n) is 2.23. The molecule has 0 saturated heterocycles. The molecule has 0 aliphatic rings. The van der Waals surface area contributed by atoms with E-state index in [0.29, 0.717) is 26.2 Å². The first kappa shape index (κ1) is 17.4. The number of urea groups is 1. The Morgan fingerprint density at radius 3 is 2.47 bits per heavy atom. The van der Waals surface area contributed by atoms with Gasteiger partial charge in [-0.1, -0.05) is 26.0 Å². The highest BCUT2D eigenvalue weighted by molar-refractivity contribution is 5.86. The summed E-state index contributed by atoms with van der Waals surface area (Å²) in [7, 11) is 0. The molecule has 0 fully saturated rings. The molecule has 0 radical (unpaired) electrons. The molecule has 6 heteroatoms. The second-order valence-electron chi connectivity index (χ2n) is 4.99. The average molecular weight is 271 g/mol. The Morgan fingerprint density at radius 2 is 2.00 bits per heavy atom. The molecule has 19 heavy (non-hydrogen) atoms. The number of nitrogens with two attached hydrogens (primary N) is 1. The van der Waals surface area contributed by atoms with Crippen LogP contribution in [-0.4, -0.2) is 37.7 Å². The normalized spacial score (nSPS) is 12.0. The Hall–Kier alpha value is -1.56. The fourth-order valence-electron chi connectivity index (χ4n) is 1.49. The maximum absolute atomic E-state index is 11.9. The predicted octanol–water partition coefficient (Wildman–Crippen LogP) is 0.778. The average Bonchev–Trinajstić information content (AvgIpc) is 2.25. The van der Waals surface area contributed by atoms with Crippen molar-refractivity contribution in [2.45, 2.75) is 33.2 Å². The number of rotatable bonds is 9. The van der Waals surface area contributed by atoms with E-state index in [1.807, 2.05) is 20.8 Å². The van der Waals surface area contributed by atoms with Gasteiger partial charge in [-0.15, -0.1) is 0 Å². The quantitative estimate of drug-likeness (QED) is 0.427. The highest BCUT2D eigenvalue weighted by Gasteiger charge is 2.20. The summed E-state index contributed by atoms with van der Waals surface area (Å²) in [5.74, 6) is 0.0358. The first-order valence-corrected chi connectivity index (χ1v) is 6.38. The van der Waals surface area contributed by atoms with E-state index in [1.54, 1.807) is 0 Å². The molecule has 1 atom stereocenters. The molecule has 0 heterocycles. The minimum Gasteiger partial charge on any atom is -0.375 e. The van der Waals surface area contributed by atoms with Crippen LogP contribution in [0.2, 0.25) is 0 Å². The lowest BCUT2D eigenvalue weighted by Crippen LogP contribution is -2.49. The molecule has 110 valence electrons. The molecule has 0 spiro atoms. The van der Waals surface area contributed by atoms with E-state index in [1.165, 1.54) is 0 Å². The molecule has 0 rings (SSSR count). The smallest absolute Gasteiger partial charge is 0.312 e. The lowest BCUT2D eigenvalue weighted by molar-refractivity contribution is -0.123. The largest absolute Gasteiger partial charge is 0.375 e. The highest BCUT2D eigenvalue weighted by Crippen LogP contribution is 2.04. The Kier molecular flexibility index (Phi) is 8.61. The Morgan fingerprint density at radius 1 is 1.37 bits per heavy atom. The molecule has 6 nitrogen and oxygen atoms in total. The van der Waals surface area contributed by atoms with Crippen molar-refractivity contribution in [1.29, 1.82) is 0 Å². The fourth-order valence-corrected chi connectivity index (χ4v) is 1.49. The molecule has 0 aliphatic heterocycles. The maximum Gasteiger partial charge on any atom is 0.312 e. The van der Waals surface area contributed by atoms with Crippen LogP contribution in [0, 0.1) is 5.92 Å². The minimum absolute atomic E-state index is 0.244. The SMILES string of the molecule is C=C(C)COCCNC(=O)C(CC(C)C)NC(N)=O. The number of nitrogens with one attached hydrogen (secondary N) is 2. The van der Waals surface area contributed by atoms with Gasteiger partial charge in [0.1, 0.15) is 6.04 Å². The van der Waals surface area contributed by atoms with Crippen molar-refractivity contribution < 1.29 is 14.3 Å². The summed E-state index contributed by atoms with van der Waals surface area (Å²) >= 11 is 0. The van der Waals surface area contributed by atoms with Crippen molar-refractivity contribution in [2.24, 2.45) is 11.7 Å². The van der Waals surface area contributed by atoms with Crippen molar-refractivity contribution in [1.82, 2.24) is 10.6 Å². The predicted molar refractivity (Wildman–Crippen MR) is 74.6 cm³/mol. The summed E-state index contributed by atoms with van der Waals surface area (Å²) in [6, 6.07) is -1.29. The molecule has 0 aromatic heterocycles. The van der Waals surface area contributed by atoms with Crippen molar-refractivity contribution >= 4 is 11.9 Å². The second-order valence-corrected chi connectivity index (χ2v) is 4.99. The van der Waals surface area contributed by atoms with Gasteiger partial charge < -0.3 is 21.1 Å². The van der Waals surface area contributed by atoms with Gasteiger partial charge in [0.05, 0.1) is 13.2 Å². The second kappa shape index (κ2) is 9.38. The molecule has 0 aromatic carbocycles. The van der Waals surface area contributed by atoms with Crippen molar-refractivity contribution in [3.63, 3.8) is 0 Å². The first-order chi connectivity index (χ1) is 8.82. The zero-order valence-electron chi connectivity index (χ0n) is 12.0. The fraction of sp³-hybridized carbons (Fsp3) is 0.692. The number of hydrogen-bond donors (Lipinski definition) is 3. The van der Waals surface area contributed by atoms with E-state index < -0.39 is 12.1 Å². The third kappa shape index (κ3) is 10.1. The van der Waals surface area contributed by atoms with Gasteiger partial charge in [-0.2, -0.15) is 0 Å². The van der Waals surface area contributed by atoms with Crippen LogP contribution in [0.4, 0.5) is 4.79 Å². The number of primary amides is 1. The Bertz CT molecular complexity index is 316. The van der Waals surface area contributed by atoms with Crippen LogP contribution >= 0.6 is 0 Å². The number of amides is 3. The molecule has 1 unspecified atom stereocenters. The maximum atomic E-state index is 11.9. The minimum atomic E-state index is -0.695. The molecule has 3 amide bonds. The summed E-state index contributed by atoms with van der Waals surface area (Å²) in [6.45, 7) is 10.8. The van der Waals surface area contributed by atoms with Crippen LogP contribution < -0.4 is 16.4 Å². The van der Waals surface area contributed by atoms with Gasteiger partial charge in [0.15, 0.2) is 0 Å². The van der Waals surface area contributed by atoms with Crippen LogP contribution in [0.3, 0.4) is 0 Å². The Labute approximate surface area is 114 Å². The monoisotopic (exact) mass is 271 g/mol. The van der Waals surface area contributed by atoms with Crippen molar-refractivity contribution in [3.8, 4) is 0 Å². The summed E-state index contributed by atoms with van der Waals surface area (Å²) in [4.78, 5) is 22.7. The van der Waals surface area contributed by atoms with Crippen LogP contribution in [0.15, 0.2) is 12.2 Å². The van der Waals surface area contributed by atoms with E-state index in [2.05, 4.69) is 17.2 Å². The molecule has 0 bridgehead atoms. The molecule has 0 aromatic rings. The van der Waals surface area contributed by atoms with Crippen LogP contribution in [0.25, 0.3) is 0 Å². The topological polar surface area (TPSA) is 93.4 Å². The van der Waals surface area contributed by atoms with Gasteiger partial charge in [-0.05, 0) is 19.3 Å². The van der Waals surface area contributed by atoms with Crippen molar-refractivity contribution in [3.05, 3.63) is 12.2 Å². The van der Waals surface area contributed by atoms with Gasteiger partial charge in [-0.3, -0.25) is 4.79 Å². The number of carbonyl (C=O) groups is 2. The number of carbonyl (C=O) groups excluding carboxylic acids is 2. The first-order valence-electron chi connectivity index (χ1n) is 6.38. The van der Waals surface area contributed by atoms with Crippen LogP contribution in [-0.2, 0) is 9.53 Å². The van der Waals surface area contributed by atoms with E-state index in [4.69, 9.17) is 10.5 Å². The van der Waals surface area contributed by atoms with Gasteiger partial charge in [0.2, 0.25) is 5.91 Å². The van der Waals surface area contributed by atoms with Gasteiger partial charge in [0, 0.05) is 6.54 Å². The summed E-state index contributed by atoms with van der Waals surface area (Å²) in [6.07, 6.45) is 0.543. The summed E-state index contributed by atoms with van der Waals surface area (Å²) < 4.78 is 5.26. The van der Waals surface area contributed by atoms with Gasteiger partial charge >= 0.3 is 6.03 Å². The molecule has 0 aliphatic carbocycles. The third-order valence-corrected chi connectivity index (χ3v) is 2.23. The van der Waals surface area contributed by atoms with E-state index in [9.17, 15) is 9.59 Å². The summed E-state index contributed by atoms with van der Waals surface area (Å²) in [5, 5.41) is 5.15. The summed E-state index contributed by atoms with van der Waals surface area (Å²) in [5.41, 5.74) is 5.98. The lowest BCUT2D eigenvalue weighted by atomic mass is 10.0. The molecular formula is C13H25N3O3. The van der Waals surface area contributed by atoms with Crippen molar-refractivity contribution in [2.75, 3.05) is 19.8 Å². The molecule has 4 N–H and O–H groups in total. The standard InChI is InChI=1S/C13H25N3O3/c1-9(2)7-11(16-13(14)18)12(17)15-5-6-19-8-10(3)4/h9,11H,3,5-8H2,1-2,4H3,(H,15,17)(H3,14,16,18). The van der Waals surface area contributed by atoms with Crippen LogP contribution in [0.1, 0.15) is 27.2 Å². The van der Waals surface area contributed by atoms with Gasteiger partial charge in [0.25, 0.3) is 0 Å². The molecular weight excluding hydrogens is 246 g/mol. The number of hydrogen-bond acceptors (Lipinski definition) is 3. The van der Waals surface area contributed by atoms with E-state index in [-0.39, 0.29) is 11.8 Å². The Balaban J connectivity index is 4.03. The van der Waals surface area contributed by atoms with Crippen LogP contribution in [0.5, 0.6) is 0 Å². The van der Waals surface area contributed by atoms with E-state index >= 15 is 0 Å². The number of ether oxygens (including phenoxy) is 1.